The first-order chi connectivity index (χ1) is 6.09. The van der Waals surface area contributed by atoms with E-state index in [2.05, 4.69) is 32.0 Å². The Bertz CT molecular complexity index is 279. The van der Waals surface area contributed by atoms with Crippen LogP contribution in [0, 0.1) is 13.8 Å². The molecule has 1 rings (SSSR count). The summed E-state index contributed by atoms with van der Waals surface area (Å²) >= 11 is 0. The van der Waals surface area contributed by atoms with E-state index < -0.39 is 0 Å². The minimum Gasteiger partial charge on any atom is -0.269 e. The zero-order valence-corrected chi connectivity index (χ0v) is 8.67. The van der Waals surface area contributed by atoms with Crippen molar-refractivity contribution < 1.29 is 0 Å². The quantitative estimate of drug-likeness (QED) is 0.563. The van der Waals surface area contributed by atoms with E-state index in [0.29, 0.717) is 0 Å². The minimum absolute atomic E-state index is 0.907. The molecule has 0 heterocycles. The highest BCUT2D eigenvalue weighted by Gasteiger charge is 1.99. The third kappa shape index (κ3) is 3.17. The van der Waals surface area contributed by atoms with E-state index >= 15 is 0 Å². The van der Waals surface area contributed by atoms with Gasteiger partial charge in [0, 0.05) is 13.6 Å². The lowest BCUT2D eigenvalue weighted by atomic mass is 10.0. The molecule has 0 radical (unpaired) electrons. The fraction of sp³-hybridized carbons (Fsp3) is 0.455. The summed E-state index contributed by atoms with van der Waals surface area (Å²) in [5, 5.41) is 1.72. The highest BCUT2D eigenvalue weighted by molar-refractivity contribution is 5.30. The Kier molecular flexibility index (Phi) is 3.46. The molecule has 0 saturated carbocycles. The number of nitrogens with two attached hydrogens (primary N) is 1. The monoisotopic (exact) mass is 178 g/mol. The molecule has 0 aliphatic heterocycles. The topological polar surface area (TPSA) is 29.3 Å². The third-order valence-electron chi connectivity index (χ3n) is 2.23. The normalized spacial score (nSPS) is 10.8. The molecule has 2 nitrogen and oxygen atoms in total. The van der Waals surface area contributed by atoms with Crippen LogP contribution in [0.2, 0.25) is 0 Å². The van der Waals surface area contributed by atoms with Crippen molar-refractivity contribution in [3.05, 3.63) is 34.9 Å². The number of nitrogens with zero attached hydrogens (tertiary/aromatic N) is 1. The Morgan fingerprint density at radius 2 is 2.00 bits per heavy atom. The van der Waals surface area contributed by atoms with Gasteiger partial charge in [0.25, 0.3) is 0 Å². The molecule has 2 heteroatoms. The summed E-state index contributed by atoms with van der Waals surface area (Å²) in [5.41, 5.74) is 4.08. The lowest BCUT2D eigenvalue weighted by molar-refractivity contribution is 0.353. The lowest BCUT2D eigenvalue weighted by Crippen LogP contribution is -2.28. The van der Waals surface area contributed by atoms with E-state index in [1.165, 1.54) is 16.7 Å². The largest absolute Gasteiger partial charge is 0.269 e. The summed E-state index contributed by atoms with van der Waals surface area (Å²) in [7, 11) is 1.89. The molecule has 0 aliphatic carbocycles. The molecule has 0 amide bonds. The average Bonchev–Trinajstić information content (AvgIpc) is 2.02. The summed E-state index contributed by atoms with van der Waals surface area (Å²) in [6, 6.07) is 6.55. The highest BCUT2D eigenvalue weighted by atomic mass is 15.4. The Morgan fingerprint density at radius 3 is 2.54 bits per heavy atom. The second kappa shape index (κ2) is 4.40. The summed E-state index contributed by atoms with van der Waals surface area (Å²) in [5.74, 6) is 5.55. The van der Waals surface area contributed by atoms with Gasteiger partial charge in [0.05, 0.1) is 0 Å². The zero-order chi connectivity index (χ0) is 9.84. The average molecular weight is 178 g/mol. The third-order valence-corrected chi connectivity index (χ3v) is 2.23. The van der Waals surface area contributed by atoms with Crippen LogP contribution in [0.3, 0.4) is 0 Å². The molecule has 0 bridgehead atoms. The molecule has 1 aromatic carbocycles. The SMILES string of the molecule is Cc1ccc(CCN(C)N)c(C)c1. The van der Waals surface area contributed by atoms with Gasteiger partial charge in [-0.1, -0.05) is 23.8 Å². The van der Waals surface area contributed by atoms with Crippen molar-refractivity contribution in [1.82, 2.24) is 5.01 Å². The summed E-state index contributed by atoms with van der Waals surface area (Å²) in [6.07, 6.45) is 1.03. The van der Waals surface area contributed by atoms with E-state index in [1.807, 2.05) is 7.05 Å². The van der Waals surface area contributed by atoms with Crippen LogP contribution in [0.5, 0.6) is 0 Å². The first kappa shape index (κ1) is 10.2. The number of rotatable bonds is 3. The Labute approximate surface area is 80.3 Å². The second-order valence-corrected chi connectivity index (χ2v) is 3.66. The van der Waals surface area contributed by atoms with Crippen molar-refractivity contribution >= 4 is 0 Å². The van der Waals surface area contributed by atoms with E-state index in [-0.39, 0.29) is 0 Å². The Balaban J connectivity index is 2.67. The summed E-state index contributed by atoms with van der Waals surface area (Å²) < 4.78 is 0. The molecule has 0 aliphatic rings. The van der Waals surface area contributed by atoms with Crippen molar-refractivity contribution in [2.45, 2.75) is 20.3 Å². The maximum absolute atomic E-state index is 5.55. The molecular formula is C11H18N2. The summed E-state index contributed by atoms with van der Waals surface area (Å²) in [4.78, 5) is 0. The van der Waals surface area contributed by atoms with Gasteiger partial charge in [-0.25, -0.2) is 5.01 Å². The first-order valence-electron chi connectivity index (χ1n) is 4.61. The molecule has 2 N–H and O–H groups in total. The molecule has 1 aromatic rings. The van der Waals surface area contributed by atoms with Crippen molar-refractivity contribution in [3.8, 4) is 0 Å². The molecule has 0 atom stereocenters. The van der Waals surface area contributed by atoms with Gasteiger partial charge in [-0.15, -0.1) is 0 Å². The van der Waals surface area contributed by atoms with Gasteiger partial charge in [0.15, 0.2) is 0 Å². The maximum atomic E-state index is 5.55. The molecule has 0 spiro atoms. The van der Waals surface area contributed by atoms with Crippen LogP contribution in [0.4, 0.5) is 0 Å². The molecule has 0 unspecified atom stereocenters. The minimum atomic E-state index is 0.907. The second-order valence-electron chi connectivity index (χ2n) is 3.66. The number of hydrogen-bond acceptors (Lipinski definition) is 2. The van der Waals surface area contributed by atoms with Crippen LogP contribution >= 0.6 is 0 Å². The smallest absolute Gasteiger partial charge is 0.0166 e. The van der Waals surface area contributed by atoms with Crippen molar-refractivity contribution in [1.29, 1.82) is 0 Å². The molecule has 72 valence electrons. The van der Waals surface area contributed by atoms with E-state index in [4.69, 9.17) is 5.84 Å². The fourth-order valence-electron chi connectivity index (χ4n) is 1.42. The van der Waals surface area contributed by atoms with Gasteiger partial charge in [-0.2, -0.15) is 0 Å². The molecule has 13 heavy (non-hydrogen) atoms. The van der Waals surface area contributed by atoms with E-state index in [9.17, 15) is 0 Å². The van der Waals surface area contributed by atoms with Gasteiger partial charge in [-0.3, -0.25) is 5.84 Å². The predicted molar refractivity (Wildman–Crippen MR) is 56.4 cm³/mol. The van der Waals surface area contributed by atoms with Gasteiger partial charge in [0.2, 0.25) is 0 Å². The first-order valence-corrected chi connectivity index (χ1v) is 4.61. The van der Waals surface area contributed by atoms with Crippen molar-refractivity contribution in [2.75, 3.05) is 13.6 Å². The number of hydrazine groups is 1. The number of hydrogen-bond donors (Lipinski definition) is 1. The Hall–Kier alpha value is -0.860. The molecule has 0 saturated heterocycles. The molecule has 0 fully saturated rings. The number of aryl methyl sites for hydroxylation is 2. The van der Waals surface area contributed by atoms with Crippen LogP contribution in [-0.2, 0) is 6.42 Å². The van der Waals surface area contributed by atoms with Gasteiger partial charge in [-0.05, 0) is 31.4 Å². The molecular weight excluding hydrogens is 160 g/mol. The standard InChI is InChI=1S/C11H18N2/c1-9-4-5-11(10(2)8-9)6-7-13(3)12/h4-5,8H,6-7,12H2,1-3H3. The van der Waals surface area contributed by atoms with Crippen molar-refractivity contribution in [3.63, 3.8) is 0 Å². The van der Waals surface area contributed by atoms with Crippen LogP contribution in [0.1, 0.15) is 16.7 Å². The highest BCUT2D eigenvalue weighted by Crippen LogP contribution is 2.10. The van der Waals surface area contributed by atoms with Crippen molar-refractivity contribution in [2.24, 2.45) is 5.84 Å². The zero-order valence-electron chi connectivity index (χ0n) is 8.67. The van der Waals surface area contributed by atoms with Gasteiger partial charge >= 0.3 is 0 Å². The van der Waals surface area contributed by atoms with E-state index in [0.717, 1.165) is 13.0 Å². The lowest BCUT2D eigenvalue weighted by Gasteiger charge is -2.11. The van der Waals surface area contributed by atoms with Crippen LogP contribution in [-0.4, -0.2) is 18.6 Å². The molecule has 0 aromatic heterocycles. The van der Waals surface area contributed by atoms with Gasteiger partial charge in [0.1, 0.15) is 0 Å². The summed E-state index contributed by atoms with van der Waals surface area (Å²) in [6.45, 7) is 5.18. The fourth-order valence-corrected chi connectivity index (χ4v) is 1.42. The van der Waals surface area contributed by atoms with Crippen LogP contribution in [0.15, 0.2) is 18.2 Å². The van der Waals surface area contributed by atoms with Crippen LogP contribution in [0.25, 0.3) is 0 Å². The maximum Gasteiger partial charge on any atom is 0.0166 e. The van der Waals surface area contributed by atoms with Crippen LogP contribution < -0.4 is 5.84 Å². The van der Waals surface area contributed by atoms with E-state index in [1.54, 1.807) is 5.01 Å². The Morgan fingerprint density at radius 1 is 1.31 bits per heavy atom. The number of likely N-dealkylation sites (N-methyl/N-ethyl adjacent to an activating group) is 1. The van der Waals surface area contributed by atoms with Gasteiger partial charge < -0.3 is 0 Å². The predicted octanol–water partition coefficient (Wildman–Crippen LogP) is 1.65. The number of benzene rings is 1.